The van der Waals surface area contributed by atoms with Crippen LogP contribution in [0.25, 0.3) is 0 Å². The molecule has 4 heteroatoms. The van der Waals surface area contributed by atoms with Crippen LogP contribution < -0.4 is 10.1 Å². The molecule has 0 radical (unpaired) electrons. The van der Waals surface area contributed by atoms with Crippen LogP contribution in [0.15, 0.2) is 73.1 Å². The Balaban J connectivity index is 1.44. The molecule has 0 saturated carbocycles. The molecule has 1 aliphatic heterocycles. The predicted molar refractivity (Wildman–Crippen MR) is 102 cm³/mol. The first kappa shape index (κ1) is 16.3. The fourth-order valence-electron chi connectivity index (χ4n) is 3.25. The summed E-state index contributed by atoms with van der Waals surface area (Å²) in [7, 11) is 0. The Morgan fingerprint density at radius 2 is 1.88 bits per heavy atom. The summed E-state index contributed by atoms with van der Waals surface area (Å²) in [6, 6.07) is 19.6. The van der Waals surface area contributed by atoms with Crippen LogP contribution in [0.1, 0.15) is 27.9 Å². The van der Waals surface area contributed by atoms with Gasteiger partial charge in [-0.2, -0.15) is 0 Å². The minimum atomic E-state index is -0.120. The highest BCUT2D eigenvalue weighted by Crippen LogP contribution is 2.30. The van der Waals surface area contributed by atoms with E-state index in [0.29, 0.717) is 5.56 Å². The van der Waals surface area contributed by atoms with Gasteiger partial charge in [0.1, 0.15) is 11.9 Å². The predicted octanol–water partition coefficient (Wildman–Crippen LogP) is 4.27. The molecule has 0 bridgehead atoms. The van der Waals surface area contributed by atoms with Crippen molar-refractivity contribution in [3.63, 3.8) is 0 Å². The third-order valence-electron chi connectivity index (χ3n) is 4.60. The van der Waals surface area contributed by atoms with Crippen molar-refractivity contribution >= 4 is 11.6 Å². The molecule has 1 aromatic heterocycles. The molecule has 0 fully saturated rings. The molecule has 26 heavy (non-hydrogen) atoms. The van der Waals surface area contributed by atoms with Crippen molar-refractivity contribution in [1.82, 2.24) is 4.98 Å². The normalized spacial score (nSPS) is 15.6. The van der Waals surface area contributed by atoms with Crippen molar-refractivity contribution in [3.8, 4) is 5.75 Å². The number of fused-ring (bicyclic) bond motifs is 1. The van der Waals surface area contributed by atoms with Gasteiger partial charge in [0, 0.05) is 30.1 Å². The van der Waals surface area contributed by atoms with Crippen molar-refractivity contribution in [1.29, 1.82) is 0 Å². The summed E-state index contributed by atoms with van der Waals surface area (Å²) in [6.45, 7) is 0. The average Bonchev–Trinajstić information content (AvgIpc) is 2.69. The molecular weight excluding hydrogens is 324 g/mol. The molecule has 1 unspecified atom stereocenters. The van der Waals surface area contributed by atoms with Gasteiger partial charge in [0.2, 0.25) is 0 Å². The Labute approximate surface area is 152 Å². The maximum Gasteiger partial charge on any atom is 0.255 e. The standard InChI is InChI=1S/C22H20N2O2/c25-22(24-19-10-12-23-13-11-19)18-7-9-21-17(15-18)6-8-20(26-21)14-16-4-2-1-3-5-16/h1-5,7,9-13,15,20H,6,8,14H2,(H,23,24,25). The van der Waals surface area contributed by atoms with Crippen molar-refractivity contribution in [2.45, 2.75) is 25.4 Å². The topological polar surface area (TPSA) is 51.2 Å². The van der Waals surface area contributed by atoms with Crippen LogP contribution in [0, 0.1) is 0 Å². The van der Waals surface area contributed by atoms with Gasteiger partial charge in [-0.15, -0.1) is 0 Å². The molecule has 0 aliphatic carbocycles. The highest BCUT2D eigenvalue weighted by Gasteiger charge is 2.21. The molecular formula is C22H20N2O2. The van der Waals surface area contributed by atoms with Crippen LogP contribution in [-0.2, 0) is 12.8 Å². The first-order chi connectivity index (χ1) is 12.8. The van der Waals surface area contributed by atoms with Crippen molar-refractivity contribution in [2.75, 3.05) is 5.32 Å². The number of nitrogens with zero attached hydrogens (tertiary/aromatic N) is 1. The number of rotatable bonds is 4. The van der Waals surface area contributed by atoms with Gasteiger partial charge >= 0.3 is 0 Å². The van der Waals surface area contributed by atoms with Crippen LogP contribution in [0.4, 0.5) is 5.69 Å². The molecule has 1 amide bonds. The van der Waals surface area contributed by atoms with Gasteiger partial charge in [0.15, 0.2) is 0 Å². The van der Waals surface area contributed by atoms with E-state index >= 15 is 0 Å². The number of hydrogen-bond acceptors (Lipinski definition) is 3. The first-order valence-electron chi connectivity index (χ1n) is 8.83. The van der Waals surface area contributed by atoms with Crippen LogP contribution >= 0.6 is 0 Å². The zero-order chi connectivity index (χ0) is 17.8. The molecule has 1 aliphatic rings. The van der Waals surface area contributed by atoms with E-state index in [1.165, 1.54) is 5.56 Å². The number of benzene rings is 2. The van der Waals surface area contributed by atoms with Gasteiger partial charge in [-0.05, 0) is 54.3 Å². The number of carbonyl (C=O) groups is 1. The van der Waals surface area contributed by atoms with E-state index < -0.39 is 0 Å². The number of carbonyl (C=O) groups excluding carboxylic acids is 1. The molecule has 2 heterocycles. The molecule has 4 nitrogen and oxygen atoms in total. The van der Waals surface area contributed by atoms with Gasteiger partial charge in [-0.1, -0.05) is 30.3 Å². The summed E-state index contributed by atoms with van der Waals surface area (Å²) in [5.74, 6) is 0.767. The van der Waals surface area contributed by atoms with E-state index in [4.69, 9.17) is 4.74 Å². The van der Waals surface area contributed by atoms with E-state index in [9.17, 15) is 4.79 Å². The van der Waals surface area contributed by atoms with E-state index in [0.717, 1.165) is 36.3 Å². The summed E-state index contributed by atoms with van der Waals surface area (Å²) < 4.78 is 6.15. The summed E-state index contributed by atoms with van der Waals surface area (Å²) in [5, 5.41) is 2.89. The number of hydrogen-bond donors (Lipinski definition) is 1. The quantitative estimate of drug-likeness (QED) is 0.769. The van der Waals surface area contributed by atoms with Crippen LogP contribution in [-0.4, -0.2) is 17.0 Å². The first-order valence-corrected chi connectivity index (χ1v) is 8.83. The highest BCUT2D eigenvalue weighted by atomic mass is 16.5. The number of anilines is 1. The minimum absolute atomic E-state index is 0.120. The second-order valence-electron chi connectivity index (χ2n) is 6.48. The van der Waals surface area contributed by atoms with Gasteiger partial charge in [0.05, 0.1) is 0 Å². The fourth-order valence-corrected chi connectivity index (χ4v) is 3.25. The number of nitrogens with one attached hydrogen (secondary N) is 1. The zero-order valence-electron chi connectivity index (χ0n) is 14.4. The Hall–Kier alpha value is -3.14. The molecule has 130 valence electrons. The molecule has 1 N–H and O–H groups in total. The minimum Gasteiger partial charge on any atom is -0.490 e. The number of aryl methyl sites for hydroxylation is 1. The van der Waals surface area contributed by atoms with Crippen molar-refractivity contribution in [3.05, 3.63) is 89.7 Å². The molecule has 1 atom stereocenters. The zero-order valence-corrected chi connectivity index (χ0v) is 14.4. The van der Waals surface area contributed by atoms with Gasteiger partial charge < -0.3 is 10.1 Å². The maximum absolute atomic E-state index is 12.4. The summed E-state index contributed by atoms with van der Waals surface area (Å²) in [6.07, 6.45) is 6.28. The smallest absolute Gasteiger partial charge is 0.255 e. The highest BCUT2D eigenvalue weighted by molar-refractivity contribution is 6.04. The lowest BCUT2D eigenvalue weighted by molar-refractivity contribution is 0.102. The molecule has 0 saturated heterocycles. The second kappa shape index (κ2) is 7.40. The van der Waals surface area contributed by atoms with Gasteiger partial charge in [0.25, 0.3) is 5.91 Å². The monoisotopic (exact) mass is 344 g/mol. The second-order valence-corrected chi connectivity index (χ2v) is 6.48. The summed E-state index contributed by atoms with van der Waals surface area (Å²) in [5.41, 5.74) is 3.76. The lowest BCUT2D eigenvalue weighted by Crippen LogP contribution is -2.25. The molecule has 0 spiro atoms. The molecule has 2 aromatic carbocycles. The Morgan fingerprint density at radius 3 is 2.69 bits per heavy atom. The van der Waals surface area contributed by atoms with Crippen LogP contribution in [0.3, 0.4) is 0 Å². The Morgan fingerprint density at radius 1 is 1.08 bits per heavy atom. The molecule has 4 rings (SSSR count). The average molecular weight is 344 g/mol. The number of aromatic nitrogens is 1. The Bertz CT molecular complexity index is 895. The number of ether oxygens (including phenoxy) is 1. The van der Waals surface area contributed by atoms with Crippen LogP contribution in [0.5, 0.6) is 5.75 Å². The molecule has 3 aromatic rings. The number of amides is 1. The van der Waals surface area contributed by atoms with E-state index in [2.05, 4.69) is 34.6 Å². The van der Waals surface area contributed by atoms with E-state index in [1.54, 1.807) is 24.5 Å². The van der Waals surface area contributed by atoms with Crippen molar-refractivity contribution in [2.24, 2.45) is 0 Å². The fraction of sp³-hybridized carbons (Fsp3) is 0.182. The van der Waals surface area contributed by atoms with E-state index in [-0.39, 0.29) is 12.0 Å². The van der Waals surface area contributed by atoms with Gasteiger partial charge in [-0.3, -0.25) is 9.78 Å². The Kier molecular flexibility index (Phi) is 4.65. The van der Waals surface area contributed by atoms with Crippen LogP contribution in [0.2, 0.25) is 0 Å². The van der Waals surface area contributed by atoms with Crippen molar-refractivity contribution < 1.29 is 9.53 Å². The summed E-state index contributed by atoms with van der Waals surface area (Å²) in [4.78, 5) is 16.4. The number of pyridine rings is 1. The van der Waals surface area contributed by atoms with Gasteiger partial charge in [-0.25, -0.2) is 0 Å². The lowest BCUT2D eigenvalue weighted by Gasteiger charge is -2.26. The SMILES string of the molecule is O=C(Nc1ccncc1)c1ccc2c(c1)CCC(Cc1ccccc1)O2. The summed E-state index contributed by atoms with van der Waals surface area (Å²) >= 11 is 0. The largest absolute Gasteiger partial charge is 0.490 e. The van der Waals surface area contributed by atoms with E-state index in [1.807, 2.05) is 24.3 Å². The third-order valence-corrected chi connectivity index (χ3v) is 4.60. The maximum atomic E-state index is 12.4. The lowest BCUT2D eigenvalue weighted by atomic mass is 9.96. The third kappa shape index (κ3) is 3.75.